The molecule has 2 N–H and O–H groups in total. The minimum Gasteiger partial charge on any atom is -0.394 e. The molecular weight excluding hydrogens is 292 g/mol. The summed E-state index contributed by atoms with van der Waals surface area (Å²) in [5.41, 5.74) is 1.04. The van der Waals surface area contributed by atoms with Gasteiger partial charge in [0.15, 0.2) is 0 Å². The molecule has 1 atom stereocenters. The van der Waals surface area contributed by atoms with Crippen LogP contribution in [0.4, 0.5) is 0 Å². The van der Waals surface area contributed by atoms with Crippen LogP contribution in [0, 0.1) is 5.92 Å². The lowest BCUT2D eigenvalue weighted by atomic mass is 10.0. The van der Waals surface area contributed by atoms with Crippen molar-refractivity contribution in [2.24, 2.45) is 5.92 Å². The van der Waals surface area contributed by atoms with E-state index >= 15 is 0 Å². The monoisotopic (exact) mass is 310 g/mol. The molecule has 0 aliphatic heterocycles. The molecule has 4 nitrogen and oxygen atoms in total. The number of aliphatic hydroxyl groups excluding tert-OH is 1. The van der Waals surface area contributed by atoms with Gasteiger partial charge in [0.25, 0.3) is 5.91 Å². The Labute approximate surface area is 126 Å². The number of thiazole rings is 1. The van der Waals surface area contributed by atoms with E-state index in [1.165, 1.54) is 11.3 Å². The SMILES string of the molecule is CC(C)CC(CO)NC(=O)c1cnc(-c2ccsc2)s1. The maximum atomic E-state index is 12.1. The third kappa shape index (κ3) is 3.88. The highest BCUT2D eigenvalue weighted by Gasteiger charge is 2.17. The Morgan fingerprint density at radius 1 is 1.50 bits per heavy atom. The molecule has 0 aromatic carbocycles. The molecule has 0 saturated carbocycles. The van der Waals surface area contributed by atoms with Crippen molar-refractivity contribution in [2.75, 3.05) is 6.61 Å². The van der Waals surface area contributed by atoms with E-state index in [4.69, 9.17) is 0 Å². The molecule has 2 aromatic heterocycles. The second-order valence-electron chi connectivity index (χ2n) is 5.02. The summed E-state index contributed by atoms with van der Waals surface area (Å²) < 4.78 is 0. The van der Waals surface area contributed by atoms with Crippen molar-refractivity contribution < 1.29 is 9.90 Å². The highest BCUT2D eigenvalue weighted by atomic mass is 32.1. The topological polar surface area (TPSA) is 62.2 Å². The van der Waals surface area contributed by atoms with E-state index in [9.17, 15) is 9.90 Å². The lowest BCUT2D eigenvalue weighted by Crippen LogP contribution is -2.38. The summed E-state index contributed by atoms with van der Waals surface area (Å²) in [7, 11) is 0. The first-order valence-corrected chi connectivity index (χ1v) is 8.26. The highest BCUT2D eigenvalue weighted by Crippen LogP contribution is 2.26. The Morgan fingerprint density at radius 2 is 2.30 bits per heavy atom. The first kappa shape index (κ1) is 15.2. The van der Waals surface area contributed by atoms with Gasteiger partial charge in [-0.2, -0.15) is 11.3 Å². The van der Waals surface area contributed by atoms with Crippen LogP contribution in [-0.4, -0.2) is 28.6 Å². The number of carbonyl (C=O) groups is 1. The lowest BCUT2D eigenvalue weighted by molar-refractivity contribution is 0.0912. The summed E-state index contributed by atoms with van der Waals surface area (Å²) in [6.45, 7) is 4.09. The summed E-state index contributed by atoms with van der Waals surface area (Å²) in [6.07, 6.45) is 2.36. The van der Waals surface area contributed by atoms with Crippen LogP contribution in [0.2, 0.25) is 0 Å². The van der Waals surface area contributed by atoms with Gasteiger partial charge in [-0.25, -0.2) is 4.98 Å². The van der Waals surface area contributed by atoms with Crippen LogP contribution in [-0.2, 0) is 0 Å². The number of carbonyl (C=O) groups excluding carboxylic acids is 1. The Balaban J connectivity index is 2.02. The van der Waals surface area contributed by atoms with E-state index in [1.54, 1.807) is 17.5 Å². The number of aliphatic hydroxyl groups is 1. The van der Waals surface area contributed by atoms with Crippen molar-refractivity contribution in [1.29, 1.82) is 0 Å². The molecule has 0 aliphatic carbocycles. The number of amides is 1. The number of hydrogen-bond acceptors (Lipinski definition) is 5. The number of nitrogens with one attached hydrogen (secondary N) is 1. The molecule has 1 amide bonds. The van der Waals surface area contributed by atoms with Crippen molar-refractivity contribution in [2.45, 2.75) is 26.3 Å². The molecule has 2 heterocycles. The normalized spacial score (nSPS) is 12.6. The van der Waals surface area contributed by atoms with E-state index in [0.717, 1.165) is 17.0 Å². The van der Waals surface area contributed by atoms with Gasteiger partial charge in [-0.05, 0) is 23.8 Å². The summed E-state index contributed by atoms with van der Waals surface area (Å²) in [4.78, 5) is 17.0. The van der Waals surface area contributed by atoms with Crippen molar-refractivity contribution in [3.63, 3.8) is 0 Å². The Morgan fingerprint density at radius 3 is 2.90 bits per heavy atom. The van der Waals surface area contributed by atoms with E-state index in [2.05, 4.69) is 24.1 Å². The largest absolute Gasteiger partial charge is 0.394 e. The van der Waals surface area contributed by atoms with E-state index in [1.807, 2.05) is 16.8 Å². The minimum absolute atomic E-state index is 0.0416. The van der Waals surface area contributed by atoms with Crippen LogP contribution >= 0.6 is 22.7 Å². The lowest BCUT2D eigenvalue weighted by Gasteiger charge is -2.17. The predicted octanol–water partition coefficient (Wildman–Crippen LogP) is 3.01. The third-order valence-corrected chi connectivity index (χ3v) is 4.54. The van der Waals surface area contributed by atoms with Crippen molar-refractivity contribution >= 4 is 28.6 Å². The molecule has 108 valence electrons. The number of hydrogen-bond donors (Lipinski definition) is 2. The quantitative estimate of drug-likeness (QED) is 0.862. The number of aromatic nitrogens is 1. The van der Waals surface area contributed by atoms with Crippen LogP contribution in [0.25, 0.3) is 10.6 Å². The van der Waals surface area contributed by atoms with Crippen molar-refractivity contribution in [3.8, 4) is 10.6 Å². The molecular formula is C14H18N2O2S2. The molecule has 2 aromatic rings. The summed E-state index contributed by atoms with van der Waals surface area (Å²) >= 11 is 2.98. The number of nitrogens with zero attached hydrogens (tertiary/aromatic N) is 1. The van der Waals surface area contributed by atoms with Crippen molar-refractivity contribution in [3.05, 3.63) is 27.9 Å². The highest BCUT2D eigenvalue weighted by molar-refractivity contribution is 7.17. The molecule has 20 heavy (non-hydrogen) atoms. The van der Waals surface area contributed by atoms with Crippen LogP contribution in [0.1, 0.15) is 29.9 Å². The molecule has 0 radical (unpaired) electrons. The summed E-state index contributed by atoms with van der Waals surface area (Å²) in [6, 6.07) is 1.79. The van der Waals surface area contributed by atoms with Crippen LogP contribution in [0.5, 0.6) is 0 Å². The molecule has 0 spiro atoms. The van der Waals surface area contributed by atoms with Gasteiger partial charge in [-0.3, -0.25) is 4.79 Å². The maximum Gasteiger partial charge on any atom is 0.263 e. The fraction of sp³-hybridized carbons (Fsp3) is 0.429. The van der Waals surface area contributed by atoms with Crippen LogP contribution in [0.3, 0.4) is 0 Å². The minimum atomic E-state index is -0.200. The first-order chi connectivity index (χ1) is 9.60. The molecule has 6 heteroatoms. The van der Waals surface area contributed by atoms with Gasteiger partial charge >= 0.3 is 0 Å². The Bertz CT molecular complexity index is 549. The van der Waals surface area contributed by atoms with Crippen molar-refractivity contribution in [1.82, 2.24) is 10.3 Å². The van der Waals surface area contributed by atoms with E-state index in [-0.39, 0.29) is 18.6 Å². The molecule has 0 aliphatic rings. The molecule has 0 fully saturated rings. The average Bonchev–Trinajstić information content (AvgIpc) is 3.07. The molecule has 0 bridgehead atoms. The van der Waals surface area contributed by atoms with Gasteiger partial charge in [-0.15, -0.1) is 11.3 Å². The second kappa shape index (κ2) is 6.97. The van der Waals surface area contributed by atoms with Crippen LogP contribution in [0.15, 0.2) is 23.0 Å². The first-order valence-electron chi connectivity index (χ1n) is 6.50. The maximum absolute atomic E-state index is 12.1. The predicted molar refractivity (Wildman–Crippen MR) is 83.2 cm³/mol. The zero-order chi connectivity index (χ0) is 14.5. The zero-order valence-corrected chi connectivity index (χ0v) is 13.1. The summed E-state index contributed by atoms with van der Waals surface area (Å²) in [5, 5.41) is 17.0. The standard InChI is InChI=1S/C14H18N2O2S2/c1-9(2)5-11(7-17)16-13(18)12-6-15-14(20-12)10-3-4-19-8-10/h3-4,6,8-9,11,17H,5,7H2,1-2H3,(H,16,18). The van der Waals surface area contributed by atoms with Crippen LogP contribution < -0.4 is 5.32 Å². The Kier molecular flexibility index (Phi) is 5.28. The van der Waals surface area contributed by atoms with Gasteiger partial charge in [0.05, 0.1) is 18.8 Å². The van der Waals surface area contributed by atoms with Gasteiger partial charge in [0.1, 0.15) is 9.88 Å². The zero-order valence-electron chi connectivity index (χ0n) is 11.5. The van der Waals surface area contributed by atoms with Gasteiger partial charge < -0.3 is 10.4 Å². The Hall–Kier alpha value is -1.24. The van der Waals surface area contributed by atoms with E-state index in [0.29, 0.717) is 10.8 Å². The fourth-order valence-corrected chi connectivity index (χ4v) is 3.43. The third-order valence-electron chi connectivity index (χ3n) is 2.81. The number of thiophene rings is 1. The fourth-order valence-electron chi connectivity index (χ4n) is 1.90. The van der Waals surface area contributed by atoms with Gasteiger partial charge in [0.2, 0.25) is 0 Å². The van der Waals surface area contributed by atoms with E-state index < -0.39 is 0 Å². The number of rotatable bonds is 6. The van der Waals surface area contributed by atoms with Gasteiger partial charge in [-0.1, -0.05) is 13.8 Å². The molecule has 0 saturated heterocycles. The smallest absolute Gasteiger partial charge is 0.263 e. The second-order valence-corrected chi connectivity index (χ2v) is 6.83. The molecule has 1 unspecified atom stereocenters. The summed E-state index contributed by atoms with van der Waals surface area (Å²) in [5.74, 6) is 0.263. The average molecular weight is 310 g/mol. The van der Waals surface area contributed by atoms with Gasteiger partial charge in [0, 0.05) is 10.9 Å². The molecule has 2 rings (SSSR count).